The Hall–Kier alpha value is -2.24. The first-order chi connectivity index (χ1) is 11.0. The normalized spacial score (nSPS) is 10.0. The van der Waals surface area contributed by atoms with Gasteiger partial charge < -0.3 is 4.74 Å². The first-order valence-electron chi connectivity index (χ1n) is 6.67. The van der Waals surface area contributed by atoms with E-state index < -0.39 is 5.91 Å². The van der Waals surface area contributed by atoms with Crippen molar-refractivity contribution in [2.24, 2.45) is 0 Å². The molecule has 0 aromatic heterocycles. The molecular formula is C16H14Cl2N2O3. The Morgan fingerprint density at radius 3 is 2.30 bits per heavy atom. The van der Waals surface area contributed by atoms with Gasteiger partial charge >= 0.3 is 0 Å². The van der Waals surface area contributed by atoms with Crippen molar-refractivity contribution in [2.75, 3.05) is 7.11 Å². The van der Waals surface area contributed by atoms with Gasteiger partial charge in [0, 0.05) is 10.0 Å². The van der Waals surface area contributed by atoms with Gasteiger partial charge in [0.15, 0.2) is 0 Å². The number of halogens is 2. The van der Waals surface area contributed by atoms with Gasteiger partial charge in [-0.05, 0) is 35.9 Å². The number of hydrogen-bond acceptors (Lipinski definition) is 3. The van der Waals surface area contributed by atoms with Crippen LogP contribution >= 0.6 is 23.2 Å². The summed E-state index contributed by atoms with van der Waals surface area (Å²) in [5.41, 5.74) is 5.68. The van der Waals surface area contributed by atoms with Crippen LogP contribution in [0.2, 0.25) is 10.0 Å². The fraction of sp³-hybridized carbons (Fsp3) is 0.125. The zero-order valence-corrected chi connectivity index (χ0v) is 13.7. The van der Waals surface area contributed by atoms with Gasteiger partial charge in [-0.1, -0.05) is 35.3 Å². The molecule has 0 atom stereocenters. The van der Waals surface area contributed by atoms with Gasteiger partial charge in [0.2, 0.25) is 5.91 Å². The Kier molecular flexibility index (Phi) is 5.84. The second kappa shape index (κ2) is 7.85. The highest BCUT2D eigenvalue weighted by molar-refractivity contribution is 6.31. The second-order valence-corrected chi connectivity index (χ2v) is 5.52. The zero-order valence-electron chi connectivity index (χ0n) is 12.2. The molecule has 2 rings (SSSR count). The van der Waals surface area contributed by atoms with E-state index in [1.54, 1.807) is 36.4 Å². The van der Waals surface area contributed by atoms with Crippen LogP contribution in [0.4, 0.5) is 0 Å². The molecule has 0 heterocycles. The Morgan fingerprint density at radius 2 is 1.65 bits per heavy atom. The van der Waals surface area contributed by atoms with Crippen molar-refractivity contribution < 1.29 is 14.3 Å². The molecule has 0 spiro atoms. The predicted molar refractivity (Wildman–Crippen MR) is 88.8 cm³/mol. The summed E-state index contributed by atoms with van der Waals surface area (Å²) in [6.07, 6.45) is 0.115. The lowest BCUT2D eigenvalue weighted by molar-refractivity contribution is -0.121. The molecule has 5 nitrogen and oxygen atoms in total. The Morgan fingerprint density at radius 1 is 1.00 bits per heavy atom. The molecule has 0 fully saturated rings. The van der Waals surface area contributed by atoms with Gasteiger partial charge in [-0.25, -0.2) is 0 Å². The third-order valence-electron chi connectivity index (χ3n) is 3.00. The minimum Gasteiger partial charge on any atom is -0.496 e. The standard InChI is InChI=1S/C16H14Cl2N2O3/c1-23-14-7-6-12(18)9-13(14)16(22)20-19-15(21)8-10-2-4-11(17)5-3-10/h2-7,9H,8H2,1H3,(H,19,21)(H,20,22). The van der Waals surface area contributed by atoms with Gasteiger partial charge in [0.25, 0.3) is 5.91 Å². The third kappa shape index (κ3) is 4.87. The molecule has 0 saturated heterocycles. The number of amides is 2. The van der Waals surface area contributed by atoms with E-state index in [9.17, 15) is 9.59 Å². The van der Waals surface area contributed by atoms with E-state index in [2.05, 4.69) is 10.9 Å². The van der Waals surface area contributed by atoms with Crippen LogP contribution in [-0.4, -0.2) is 18.9 Å². The average Bonchev–Trinajstić information content (AvgIpc) is 2.54. The van der Waals surface area contributed by atoms with E-state index in [0.29, 0.717) is 15.8 Å². The van der Waals surface area contributed by atoms with Crippen LogP contribution in [0, 0.1) is 0 Å². The number of hydrogen-bond donors (Lipinski definition) is 2. The van der Waals surface area contributed by atoms with E-state index in [1.165, 1.54) is 13.2 Å². The first kappa shape index (κ1) is 17.1. The number of carbonyl (C=O) groups is 2. The van der Waals surface area contributed by atoms with Crippen molar-refractivity contribution in [1.82, 2.24) is 10.9 Å². The number of rotatable bonds is 4. The molecule has 23 heavy (non-hydrogen) atoms. The van der Waals surface area contributed by atoms with E-state index in [1.807, 2.05) is 0 Å². The van der Waals surface area contributed by atoms with Crippen molar-refractivity contribution in [3.8, 4) is 5.75 Å². The van der Waals surface area contributed by atoms with Crippen LogP contribution in [0.1, 0.15) is 15.9 Å². The Bertz CT molecular complexity index is 718. The van der Waals surface area contributed by atoms with Crippen LogP contribution in [0.25, 0.3) is 0 Å². The molecule has 0 saturated carbocycles. The number of benzene rings is 2. The Balaban J connectivity index is 1.95. The minimum atomic E-state index is -0.520. The van der Waals surface area contributed by atoms with Crippen molar-refractivity contribution in [3.63, 3.8) is 0 Å². The third-order valence-corrected chi connectivity index (χ3v) is 3.49. The molecule has 2 amide bonds. The molecule has 0 aliphatic heterocycles. The maximum Gasteiger partial charge on any atom is 0.273 e. The summed E-state index contributed by atoms with van der Waals surface area (Å²) in [5, 5.41) is 0.985. The summed E-state index contributed by atoms with van der Waals surface area (Å²) in [5.74, 6) is -0.519. The lowest BCUT2D eigenvalue weighted by atomic mass is 10.1. The molecular weight excluding hydrogens is 339 g/mol. The van der Waals surface area contributed by atoms with Gasteiger partial charge in [-0.15, -0.1) is 0 Å². The fourth-order valence-corrected chi connectivity index (χ4v) is 2.18. The number of ether oxygens (including phenoxy) is 1. The van der Waals surface area contributed by atoms with E-state index in [-0.39, 0.29) is 17.9 Å². The SMILES string of the molecule is COc1ccc(Cl)cc1C(=O)NNC(=O)Cc1ccc(Cl)cc1. The average molecular weight is 353 g/mol. The zero-order chi connectivity index (χ0) is 16.8. The van der Waals surface area contributed by atoms with Gasteiger partial charge in [-0.3, -0.25) is 20.4 Å². The van der Waals surface area contributed by atoms with E-state index in [4.69, 9.17) is 27.9 Å². The highest BCUT2D eigenvalue weighted by Crippen LogP contribution is 2.22. The number of hydrazine groups is 1. The highest BCUT2D eigenvalue weighted by Gasteiger charge is 2.13. The smallest absolute Gasteiger partial charge is 0.273 e. The molecule has 120 valence electrons. The van der Waals surface area contributed by atoms with Crippen LogP contribution in [0.5, 0.6) is 5.75 Å². The van der Waals surface area contributed by atoms with Gasteiger partial charge in [0.05, 0.1) is 19.1 Å². The van der Waals surface area contributed by atoms with Crippen molar-refractivity contribution in [1.29, 1.82) is 0 Å². The second-order valence-electron chi connectivity index (χ2n) is 4.65. The first-order valence-corrected chi connectivity index (χ1v) is 7.42. The molecule has 0 aliphatic carbocycles. The monoisotopic (exact) mass is 352 g/mol. The molecule has 2 N–H and O–H groups in total. The molecule has 0 bridgehead atoms. The summed E-state index contributed by atoms with van der Waals surface area (Å²) in [6, 6.07) is 11.5. The van der Waals surface area contributed by atoms with Crippen molar-refractivity contribution in [2.45, 2.75) is 6.42 Å². The highest BCUT2D eigenvalue weighted by atomic mass is 35.5. The summed E-state index contributed by atoms with van der Waals surface area (Å²) in [6.45, 7) is 0. The summed E-state index contributed by atoms with van der Waals surface area (Å²) >= 11 is 11.6. The van der Waals surface area contributed by atoms with Crippen LogP contribution < -0.4 is 15.6 Å². The predicted octanol–water partition coefficient (Wildman–Crippen LogP) is 3.01. The maximum absolute atomic E-state index is 12.1. The molecule has 0 aliphatic rings. The molecule has 0 unspecified atom stereocenters. The molecule has 2 aromatic rings. The number of carbonyl (C=O) groups excluding carboxylic acids is 2. The number of nitrogens with one attached hydrogen (secondary N) is 2. The molecule has 7 heteroatoms. The summed E-state index contributed by atoms with van der Waals surface area (Å²) < 4.78 is 5.09. The van der Waals surface area contributed by atoms with Crippen molar-refractivity contribution in [3.05, 3.63) is 63.6 Å². The Labute approximate surface area is 143 Å². The molecule has 0 radical (unpaired) electrons. The topological polar surface area (TPSA) is 67.4 Å². The van der Waals surface area contributed by atoms with Gasteiger partial charge in [-0.2, -0.15) is 0 Å². The minimum absolute atomic E-state index is 0.115. The van der Waals surface area contributed by atoms with Crippen LogP contribution in [0.3, 0.4) is 0 Å². The van der Waals surface area contributed by atoms with Crippen LogP contribution in [0.15, 0.2) is 42.5 Å². The van der Waals surface area contributed by atoms with E-state index >= 15 is 0 Å². The quantitative estimate of drug-likeness (QED) is 0.831. The van der Waals surface area contributed by atoms with Crippen molar-refractivity contribution >= 4 is 35.0 Å². The summed E-state index contributed by atoms with van der Waals surface area (Å²) in [7, 11) is 1.44. The largest absolute Gasteiger partial charge is 0.496 e. The maximum atomic E-state index is 12.1. The van der Waals surface area contributed by atoms with E-state index in [0.717, 1.165) is 5.56 Å². The number of methoxy groups -OCH3 is 1. The van der Waals surface area contributed by atoms with Gasteiger partial charge in [0.1, 0.15) is 5.75 Å². The lowest BCUT2D eigenvalue weighted by Crippen LogP contribution is -2.42. The summed E-state index contributed by atoms with van der Waals surface area (Å²) in [4.78, 5) is 23.9. The fourth-order valence-electron chi connectivity index (χ4n) is 1.88. The molecule has 2 aromatic carbocycles. The van der Waals surface area contributed by atoms with Crippen LogP contribution in [-0.2, 0) is 11.2 Å². The lowest BCUT2D eigenvalue weighted by Gasteiger charge is -2.10.